The Morgan fingerprint density at radius 2 is 2.26 bits per heavy atom. The van der Waals surface area contributed by atoms with E-state index in [1.807, 2.05) is 6.92 Å². The zero-order chi connectivity index (χ0) is 14.3. The number of ether oxygens (including phenoxy) is 2. The fourth-order valence-corrected chi connectivity index (χ4v) is 2.26. The molecule has 1 N–H and O–H groups in total. The normalized spacial score (nSPS) is 21.4. The molecule has 1 fully saturated rings. The van der Waals surface area contributed by atoms with Gasteiger partial charge >= 0.3 is 5.97 Å². The van der Waals surface area contributed by atoms with Crippen LogP contribution in [0.25, 0.3) is 0 Å². The summed E-state index contributed by atoms with van der Waals surface area (Å²) < 4.78 is 9.89. The van der Waals surface area contributed by atoms with Crippen molar-refractivity contribution in [3.8, 4) is 0 Å². The highest BCUT2D eigenvalue weighted by Gasteiger charge is 2.25. The van der Waals surface area contributed by atoms with E-state index in [9.17, 15) is 4.79 Å². The molecule has 2 unspecified atom stereocenters. The topological polar surface area (TPSA) is 63.2 Å². The zero-order valence-corrected chi connectivity index (χ0v) is 12.3. The summed E-state index contributed by atoms with van der Waals surface area (Å²) in [6, 6.07) is 0. The van der Waals surface area contributed by atoms with E-state index in [4.69, 9.17) is 9.47 Å². The first-order valence-corrected chi connectivity index (χ1v) is 6.64. The molecule has 6 nitrogen and oxygen atoms in total. The van der Waals surface area contributed by atoms with Crippen LogP contribution in [0.3, 0.4) is 0 Å². The maximum atomic E-state index is 11.3. The minimum Gasteiger partial charge on any atom is -0.469 e. The molecule has 1 aliphatic rings. The number of hydrogen-bond acceptors (Lipinski definition) is 4. The summed E-state index contributed by atoms with van der Waals surface area (Å²) in [5, 5.41) is 3.22. The van der Waals surface area contributed by atoms with Crippen LogP contribution in [0.4, 0.5) is 0 Å². The van der Waals surface area contributed by atoms with Crippen molar-refractivity contribution in [2.24, 2.45) is 16.8 Å². The van der Waals surface area contributed by atoms with Crippen LogP contribution in [-0.2, 0) is 14.3 Å². The fraction of sp³-hybridized carbons (Fsp3) is 0.846. The number of esters is 1. The lowest BCUT2D eigenvalue weighted by molar-refractivity contribution is -0.144. The number of rotatable bonds is 5. The second-order valence-corrected chi connectivity index (χ2v) is 4.91. The monoisotopic (exact) mass is 271 g/mol. The van der Waals surface area contributed by atoms with Gasteiger partial charge in [-0.3, -0.25) is 9.79 Å². The molecular formula is C13H25N3O3. The van der Waals surface area contributed by atoms with Crippen molar-refractivity contribution in [1.82, 2.24) is 10.2 Å². The minimum absolute atomic E-state index is 0.181. The third-order valence-corrected chi connectivity index (χ3v) is 3.37. The fourth-order valence-electron chi connectivity index (χ4n) is 2.26. The standard InChI is InChI=1S/C13H25N3O3/c1-10(12(17)19-4)7-15-13(14-2)16-6-5-11(8-16)9-18-3/h10-11H,5-9H2,1-4H3,(H,14,15). The molecule has 0 aromatic rings. The molecule has 0 bridgehead atoms. The lowest BCUT2D eigenvalue weighted by Gasteiger charge is -2.22. The maximum absolute atomic E-state index is 11.3. The highest BCUT2D eigenvalue weighted by Crippen LogP contribution is 2.16. The SMILES string of the molecule is CN=C(NCC(C)C(=O)OC)N1CCC(COC)C1. The smallest absolute Gasteiger partial charge is 0.310 e. The van der Waals surface area contributed by atoms with Crippen molar-refractivity contribution in [2.45, 2.75) is 13.3 Å². The van der Waals surface area contributed by atoms with Gasteiger partial charge < -0.3 is 19.7 Å². The van der Waals surface area contributed by atoms with Gasteiger partial charge in [0.25, 0.3) is 0 Å². The summed E-state index contributed by atoms with van der Waals surface area (Å²) in [5.41, 5.74) is 0. The molecule has 0 radical (unpaired) electrons. The van der Waals surface area contributed by atoms with Gasteiger partial charge in [-0.25, -0.2) is 0 Å². The van der Waals surface area contributed by atoms with Crippen molar-refractivity contribution >= 4 is 11.9 Å². The van der Waals surface area contributed by atoms with Crippen LogP contribution in [0.5, 0.6) is 0 Å². The summed E-state index contributed by atoms with van der Waals surface area (Å²) in [6.07, 6.45) is 1.11. The summed E-state index contributed by atoms with van der Waals surface area (Å²) in [4.78, 5) is 17.8. The van der Waals surface area contributed by atoms with E-state index >= 15 is 0 Å². The number of methoxy groups -OCH3 is 2. The molecule has 0 aromatic heterocycles. The van der Waals surface area contributed by atoms with Crippen molar-refractivity contribution in [1.29, 1.82) is 0 Å². The van der Waals surface area contributed by atoms with Crippen LogP contribution in [0.1, 0.15) is 13.3 Å². The van der Waals surface area contributed by atoms with Crippen LogP contribution < -0.4 is 5.32 Å². The predicted molar refractivity (Wildman–Crippen MR) is 74.1 cm³/mol. The highest BCUT2D eigenvalue weighted by molar-refractivity contribution is 5.81. The molecule has 1 heterocycles. The number of likely N-dealkylation sites (tertiary alicyclic amines) is 1. The van der Waals surface area contributed by atoms with Crippen LogP contribution in [-0.4, -0.2) is 64.3 Å². The van der Waals surface area contributed by atoms with Crippen molar-refractivity contribution in [3.63, 3.8) is 0 Å². The van der Waals surface area contributed by atoms with Crippen molar-refractivity contribution in [3.05, 3.63) is 0 Å². The largest absolute Gasteiger partial charge is 0.469 e. The minimum atomic E-state index is -0.207. The number of nitrogens with zero attached hydrogens (tertiary/aromatic N) is 2. The van der Waals surface area contributed by atoms with Gasteiger partial charge in [0.1, 0.15) is 0 Å². The maximum Gasteiger partial charge on any atom is 0.310 e. The van der Waals surface area contributed by atoms with E-state index in [0.29, 0.717) is 12.5 Å². The van der Waals surface area contributed by atoms with Gasteiger partial charge in [-0.1, -0.05) is 6.92 Å². The number of nitrogens with one attached hydrogen (secondary N) is 1. The quantitative estimate of drug-likeness (QED) is 0.444. The molecule has 1 saturated heterocycles. The molecule has 110 valence electrons. The first-order valence-electron chi connectivity index (χ1n) is 6.64. The molecule has 2 atom stereocenters. The molecule has 0 saturated carbocycles. The van der Waals surface area contributed by atoms with Crippen LogP contribution in [0.2, 0.25) is 0 Å². The molecular weight excluding hydrogens is 246 g/mol. The Labute approximate surface area is 115 Å². The number of carbonyl (C=O) groups is 1. The van der Waals surface area contributed by atoms with Crippen LogP contribution >= 0.6 is 0 Å². The first kappa shape index (κ1) is 15.8. The Balaban J connectivity index is 2.41. The van der Waals surface area contributed by atoms with Crippen molar-refractivity contribution < 1.29 is 14.3 Å². The number of carbonyl (C=O) groups excluding carboxylic acids is 1. The van der Waals surface area contributed by atoms with E-state index in [1.165, 1.54) is 7.11 Å². The zero-order valence-electron chi connectivity index (χ0n) is 12.3. The predicted octanol–water partition coefficient (Wildman–Crippen LogP) is 0.339. The van der Waals surface area contributed by atoms with Gasteiger partial charge in [0, 0.05) is 39.7 Å². The Hall–Kier alpha value is -1.30. The molecule has 19 heavy (non-hydrogen) atoms. The summed E-state index contributed by atoms with van der Waals surface area (Å²) >= 11 is 0. The number of aliphatic imine (C=N–C) groups is 1. The molecule has 0 aliphatic carbocycles. The highest BCUT2D eigenvalue weighted by atomic mass is 16.5. The molecule has 1 rings (SSSR count). The van der Waals surface area contributed by atoms with E-state index in [-0.39, 0.29) is 11.9 Å². The average Bonchev–Trinajstić information content (AvgIpc) is 2.87. The summed E-state index contributed by atoms with van der Waals surface area (Å²) in [5.74, 6) is 1.01. The summed E-state index contributed by atoms with van der Waals surface area (Å²) in [7, 11) is 4.89. The second-order valence-electron chi connectivity index (χ2n) is 4.91. The lowest BCUT2D eigenvalue weighted by atomic mass is 10.1. The molecule has 0 spiro atoms. The van der Waals surface area contributed by atoms with E-state index in [1.54, 1.807) is 14.2 Å². The first-order chi connectivity index (χ1) is 9.12. The van der Waals surface area contributed by atoms with E-state index in [0.717, 1.165) is 32.1 Å². The Morgan fingerprint density at radius 1 is 1.53 bits per heavy atom. The summed E-state index contributed by atoms with van der Waals surface area (Å²) in [6.45, 7) is 5.07. The van der Waals surface area contributed by atoms with Gasteiger partial charge in [0.05, 0.1) is 19.6 Å². The van der Waals surface area contributed by atoms with Gasteiger partial charge in [-0.15, -0.1) is 0 Å². The third-order valence-electron chi connectivity index (χ3n) is 3.37. The molecule has 0 aromatic carbocycles. The third kappa shape index (κ3) is 4.70. The Morgan fingerprint density at radius 3 is 2.84 bits per heavy atom. The lowest BCUT2D eigenvalue weighted by Crippen LogP contribution is -2.43. The number of hydrogen-bond donors (Lipinski definition) is 1. The molecule has 0 amide bonds. The van der Waals surface area contributed by atoms with Gasteiger partial charge in [0.2, 0.25) is 0 Å². The van der Waals surface area contributed by atoms with Crippen LogP contribution in [0.15, 0.2) is 4.99 Å². The van der Waals surface area contributed by atoms with Crippen molar-refractivity contribution in [2.75, 3.05) is 47.5 Å². The molecule has 6 heteroatoms. The van der Waals surface area contributed by atoms with Gasteiger partial charge in [-0.2, -0.15) is 0 Å². The van der Waals surface area contributed by atoms with E-state index < -0.39 is 0 Å². The van der Waals surface area contributed by atoms with E-state index in [2.05, 4.69) is 15.2 Å². The molecule has 1 aliphatic heterocycles. The van der Waals surface area contributed by atoms with Crippen LogP contribution in [0, 0.1) is 11.8 Å². The van der Waals surface area contributed by atoms with Gasteiger partial charge in [-0.05, 0) is 6.42 Å². The average molecular weight is 271 g/mol. The Kier molecular flexibility index (Phi) is 6.62. The van der Waals surface area contributed by atoms with Gasteiger partial charge in [0.15, 0.2) is 5.96 Å². The second kappa shape index (κ2) is 7.99. The Bertz CT molecular complexity index is 320. The number of guanidine groups is 1.